The number of amides is 1. The van der Waals surface area contributed by atoms with Crippen molar-refractivity contribution in [3.63, 3.8) is 0 Å². The second kappa shape index (κ2) is 11.8. The van der Waals surface area contributed by atoms with Crippen molar-refractivity contribution in [1.82, 2.24) is 5.32 Å². The van der Waals surface area contributed by atoms with Gasteiger partial charge in [0.05, 0.1) is 6.10 Å². The van der Waals surface area contributed by atoms with Crippen LogP contribution >= 0.6 is 34.8 Å². The monoisotopic (exact) mass is 407 g/mol. The third-order valence-electron chi connectivity index (χ3n) is 3.41. The van der Waals surface area contributed by atoms with Crippen LogP contribution in [0.5, 0.6) is 0 Å². The Labute approximate surface area is 164 Å². The van der Waals surface area contributed by atoms with Gasteiger partial charge in [0, 0.05) is 19.6 Å². The number of hydrogen-bond acceptors (Lipinski definition) is 3. The van der Waals surface area contributed by atoms with Gasteiger partial charge in [-0.3, -0.25) is 4.79 Å². The Morgan fingerprint density at radius 3 is 2.48 bits per heavy atom. The van der Waals surface area contributed by atoms with Gasteiger partial charge < -0.3 is 14.8 Å². The van der Waals surface area contributed by atoms with Crippen LogP contribution in [0.4, 0.5) is 0 Å². The SMILES string of the molecule is CCC[C@H](/C=C/[C@H](Cc1ccccc1)OCOC)NC(=O)C(Cl)(Cl)Cl. The molecule has 0 radical (unpaired) electrons. The quantitative estimate of drug-likeness (QED) is 0.354. The summed E-state index contributed by atoms with van der Waals surface area (Å²) in [6, 6.07) is 9.75. The van der Waals surface area contributed by atoms with E-state index in [4.69, 9.17) is 44.3 Å². The lowest BCUT2D eigenvalue weighted by atomic mass is 10.1. The average Bonchev–Trinajstić information content (AvgIpc) is 2.57. The molecule has 1 aromatic carbocycles. The molecule has 0 spiro atoms. The second-order valence-electron chi connectivity index (χ2n) is 5.55. The first-order valence-electron chi connectivity index (χ1n) is 8.07. The summed E-state index contributed by atoms with van der Waals surface area (Å²) in [6.45, 7) is 2.20. The summed E-state index contributed by atoms with van der Waals surface area (Å²) in [7, 11) is 1.57. The number of benzene rings is 1. The van der Waals surface area contributed by atoms with E-state index in [1.165, 1.54) is 0 Å². The molecule has 0 bridgehead atoms. The number of alkyl halides is 3. The molecule has 0 aromatic heterocycles. The van der Waals surface area contributed by atoms with Gasteiger partial charge in [0.2, 0.25) is 0 Å². The van der Waals surface area contributed by atoms with E-state index >= 15 is 0 Å². The van der Waals surface area contributed by atoms with E-state index in [1.54, 1.807) is 7.11 Å². The van der Waals surface area contributed by atoms with Crippen LogP contribution in [-0.2, 0) is 20.7 Å². The smallest absolute Gasteiger partial charge is 0.272 e. The molecule has 140 valence electrons. The van der Waals surface area contributed by atoms with E-state index in [1.807, 2.05) is 49.4 Å². The highest BCUT2D eigenvalue weighted by Crippen LogP contribution is 2.26. The Morgan fingerprint density at radius 2 is 1.92 bits per heavy atom. The molecule has 7 heteroatoms. The van der Waals surface area contributed by atoms with Crippen molar-refractivity contribution in [3.8, 4) is 0 Å². The van der Waals surface area contributed by atoms with Crippen molar-refractivity contribution < 1.29 is 14.3 Å². The molecule has 0 saturated heterocycles. The molecule has 1 aromatic rings. The number of rotatable bonds is 10. The molecule has 0 unspecified atom stereocenters. The summed E-state index contributed by atoms with van der Waals surface area (Å²) in [5.74, 6) is -0.641. The van der Waals surface area contributed by atoms with Crippen LogP contribution in [0, 0.1) is 0 Å². The fraction of sp³-hybridized carbons (Fsp3) is 0.500. The third-order valence-corrected chi connectivity index (χ3v) is 3.93. The van der Waals surface area contributed by atoms with Crippen molar-refractivity contribution in [2.24, 2.45) is 0 Å². The van der Waals surface area contributed by atoms with E-state index in [9.17, 15) is 4.79 Å². The molecule has 4 nitrogen and oxygen atoms in total. The topological polar surface area (TPSA) is 47.6 Å². The number of carbonyl (C=O) groups is 1. The highest BCUT2D eigenvalue weighted by atomic mass is 35.6. The minimum atomic E-state index is -1.98. The Balaban J connectivity index is 2.76. The van der Waals surface area contributed by atoms with Crippen LogP contribution in [0.3, 0.4) is 0 Å². The molecule has 0 aliphatic heterocycles. The molecule has 1 rings (SSSR count). The molecule has 0 heterocycles. The predicted molar refractivity (Wildman–Crippen MR) is 103 cm³/mol. The lowest BCUT2D eigenvalue weighted by Crippen LogP contribution is -2.40. The first kappa shape index (κ1) is 22.3. The van der Waals surface area contributed by atoms with Crippen LogP contribution in [0.25, 0.3) is 0 Å². The Morgan fingerprint density at radius 1 is 1.24 bits per heavy atom. The minimum Gasteiger partial charge on any atom is -0.359 e. The number of ether oxygens (including phenoxy) is 2. The lowest BCUT2D eigenvalue weighted by molar-refractivity contribution is -0.120. The zero-order chi connectivity index (χ0) is 18.7. The van der Waals surface area contributed by atoms with E-state index in [-0.39, 0.29) is 18.9 Å². The number of hydrogen-bond donors (Lipinski definition) is 1. The van der Waals surface area contributed by atoms with Crippen LogP contribution in [0.1, 0.15) is 25.3 Å². The maximum absolute atomic E-state index is 11.9. The van der Waals surface area contributed by atoms with Gasteiger partial charge in [-0.2, -0.15) is 0 Å². The Bertz CT molecular complexity index is 532. The van der Waals surface area contributed by atoms with E-state index in [0.29, 0.717) is 6.42 Å². The van der Waals surface area contributed by atoms with Crippen molar-refractivity contribution >= 4 is 40.7 Å². The molecule has 1 amide bonds. The van der Waals surface area contributed by atoms with Gasteiger partial charge >= 0.3 is 0 Å². The summed E-state index contributed by atoms with van der Waals surface area (Å²) >= 11 is 16.9. The molecule has 0 aliphatic carbocycles. The molecular weight excluding hydrogens is 385 g/mol. The van der Waals surface area contributed by atoms with Crippen LogP contribution in [0.2, 0.25) is 0 Å². The maximum atomic E-state index is 11.9. The summed E-state index contributed by atoms with van der Waals surface area (Å²) in [5.41, 5.74) is 1.14. The van der Waals surface area contributed by atoms with Crippen molar-refractivity contribution in [2.45, 2.75) is 42.1 Å². The number of carbonyl (C=O) groups excluding carboxylic acids is 1. The van der Waals surface area contributed by atoms with E-state index in [0.717, 1.165) is 18.4 Å². The van der Waals surface area contributed by atoms with Crippen LogP contribution in [0.15, 0.2) is 42.5 Å². The summed E-state index contributed by atoms with van der Waals surface area (Å²) in [5, 5.41) is 2.72. The van der Waals surface area contributed by atoms with Gasteiger partial charge in [-0.25, -0.2) is 0 Å². The van der Waals surface area contributed by atoms with Crippen molar-refractivity contribution in [3.05, 3.63) is 48.0 Å². The summed E-state index contributed by atoms with van der Waals surface area (Å²) in [6.07, 6.45) is 5.89. The molecule has 2 atom stereocenters. The first-order chi connectivity index (χ1) is 11.9. The van der Waals surface area contributed by atoms with Gasteiger partial charge in [-0.15, -0.1) is 0 Å². The number of methoxy groups -OCH3 is 1. The van der Waals surface area contributed by atoms with Gasteiger partial charge in [0.1, 0.15) is 6.79 Å². The molecule has 0 saturated carbocycles. The maximum Gasteiger partial charge on any atom is 0.272 e. The zero-order valence-corrected chi connectivity index (χ0v) is 16.7. The highest BCUT2D eigenvalue weighted by Gasteiger charge is 2.31. The zero-order valence-electron chi connectivity index (χ0n) is 14.4. The average molecular weight is 409 g/mol. The molecule has 1 N–H and O–H groups in total. The molecule has 0 aliphatic rings. The Hall–Kier alpha value is -0.780. The normalized spacial score (nSPS) is 14.4. The molecular formula is C18H24Cl3NO3. The van der Waals surface area contributed by atoms with Gasteiger partial charge in [-0.05, 0) is 12.0 Å². The van der Waals surface area contributed by atoms with Gasteiger partial charge in [0.25, 0.3) is 9.70 Å². The minimum absolute atomic E-state index is 0.181. The standard InChI is InChI=1S/C18H24Cl3NO3/c1-3-7-15(22-17(23)18(19,20)21)10-11-16(25-13-24-2)12-14-8-5-4-6-9-14/h4-6,8-11,15-16H,3,7,12-13H2,1-2H3,(H,22,23)/b11-10+/t15-,16-/m1/s1. The van der Waals surface area contributed by atoms with Gasteiger partial charge in [-0.1, -0.05) is 90.6 Å². The third kappa shape index (κ3) is 9.47. The predicted octanol–water partition coefficient (Wildman–Crippen LogP) is 4.43. The second-order valence-corrected chi connectivity index (χ2v) is 7.83. The summed E-state index contributed by atoms with van der Waals surface area (Å²) < 4.78 is 8.72. The lowest BCUT2D eigenvalue weighted by Gasteiger charge is -2.19. The number of halogens is 3. The Kier molecular flexibility index (Phi) is 10.5. The van der Waals surface area contributed by atoms with E-state index < -0.39 is 9.70 Å². The van der Waals surface area contributed by atoms with Crippen LogP contribution < -0.4 is 5.32 Å². The molecule has 25 heavy (non-hydrogen) atoms. The number of nitrogens with one attached hydrogen (secondary N) is 1. The molecule has 0 fully saturated rings. The largest absolute Gasteiger partial charge is 0.359 e. The summed E-state index contributed by atoms with van der Waals surface area (Å²) in [4.78, 5) is 11.9. The highest BCUT2D eigenvalue weighted by molar-refractivity contribution is 6.76. The van der Waals surface area contributed by atoms with Crippen LogP contribution in [-0.4, -0.2) is 35.7 Å². The fourth-order valence-corrected chi connectivity index (χ4v) is 2.38. The van der Waals surface area contributed by atoms with Gasteiger partial charge in [0.15, 0.2) is 0 Å². The fourth-order valence-electron chi connectivity index (χ4n) is 2.22. The first-order valence-corrected chi connectivity index (χ1v) is 9.20. The van der Waals surface area contributed by atoms with Crippen molar-refractivity contribution in [1.29, 1.82) is 0 Å². The van der Waals surface area contributed by atoms with E-state index in [2.05, 4.69) is 5.32 Å². The van der Waals surface area contributed by atoms with Crippen molar-refractivity contribution in [2.75, 3.05) is 13.9 Å².